The van der Waals surface area contributed by atoms with Gasteiger partial charge in [-0.1, -0.05) is 12.1 Å². The van der Waals surface area contributed by atoms with E-state index in [1.165, 1.54) is 18.5 Å². The average Bonchev–Trinajstić information content (AvgIpc) is 2.51. The molecule has 1 heterocycles. The minimum atomic E-state index is -0.221. The molecular weight excluding hydrogens is 283 g/mol. The SMILES string of the molecule is O=C(NCc1ccncn1)NC1CC(c2ccc(F)cc2)C1. The Bertz CT molecular complexity index is 626. The topological polar surface area (TPSA) is 66.9 Å². The lowest BCUT2D eigenvalue weighted by Gasteiger charge is -2.36. The van der Waals surface area contributed by atoms with Crippen molar-refractivity contribution in [2.45, 2.75) is 31.3 Å². The normalized spacial score (nSPS) is 20.0. The Balaban J connectivity index is 1.40. The van der Waals surface area contributed by atoms with Gasteiger partial charge < -0.3 is 10.6 Å². The molecule has 1 fully saturated rings. The van der Waals surface area contributed by atoms with Crippen LogP contribution in [0.1, 0.15) is 30.0 Å². The summed E-state index contributed by atoms with van der Waals surface area (Å²) >= 11 is 0. The molecular formula is C16H17FN4O. The standard InChI is InChI=1S/C16H17FN4O/c17-13-3-1-11(2-4-13)12-7-15(8-12)21-16(22)19-9-14-5-6-18-10-20-14/h1-6,10,12,15H,7-9H2,(H2,19,21,22). The van der Waals surface area contributed by atoms with Crippen LogP contribution in [0.4, 0.5) is 9.18 Å². The number of benzene rings is 1. The third-order valence-corrected chi connectivity index (χ3v) is 3.89. The molecule has 2 aromatic rings. The van der Waals surface area contributed by atoms with Crippen molar-refractivity contribution in [3.63, 3.8) is 0 Å². The molecule has 0 spiro atoms. The van der Waals surface area contributed by atoms with Crippen LogP contribution in [0.3, 0.4) is 0 Å². The molecule has 3 rings (SSSR count). The Morgan fingerprint density at radius 2 is 2.00 bits per heavy atom. The van der Waals surface area contributed by atoms with Gasteiger partial charge in [0, 0.05) is 12.2 Å². The van der Waals surface area contributed by atoms with Crippen molar-refractivity contribution >= 4 is 6.03 Å². The lowest BCUT2D eigenvalue weighted by molar-refractivity contribution is 0.222. The number of carbonyl (C=O) groups excluding carboxylic acids is 1. The smallest absolute Gasteiger partial charge is 0.315 e. The minimum Gasteiger partial charge on any atom is -0.335 e. The van der Waals surface area contributed by atoms with Crippen molar-refractivity contribution in [1.29, 1.82) is 0 Å². The van der Waals surface area contributed by atoms with Crippen molar-refractivity contribution in [2.75, 3.05) is 0 Å². The number of rotatable bonds is 4. The summed E-state index contributed by atoms with van der Waals surface area (Å²) in [6, 6.07) is 8.31. The molecule has 1 aromatic heterocycles. The zero-order valence-electron chi connectivity index (χ0n) is 12.0. The van der Waals surface area contributed by atoms with Gasteiger partial charge in [0.25, 0.3) is 0 Å². The van der Waals surface area contributed by atoms with Crippen molar-refractivity contribution < 1.29 is 9.18 Å². The van der Waals surface area contributed by atoms with Crippen LogP contribution < -0.4 is 10.6 Å². The molecule has 6 heteroatoms. The Hall–Kier alpha value is -2.50. The zero-order chi connectivity index (χ0) is 15.4. The van der Waals surface area contributed by atoms with Crippen LogP contribution in [0.25, 0.3) is 0 Å². The first kappa shape index (κ1) is 14.4. The molecule has 0 atom stereocenters. The number of halogens is 1. The highest BCUT2D eigenvalue weighted by Gasteiger charge is 2.31. The second kappa shape index (κ2) is 6.51. The van der Waals surface area contributed by atoms with Gasteiger partial charge in [-0.3, -0.25) is 0 Å². The summed E-state index contributed by atoms with van der Waals surface area (Å²) in [5.41, 5.74) is 1.89. The first-order valence-electron chi connectivity index (χ1n) is 7.25. The maximum atomic E-state index is 12.9. The van der Waals surface area contributed by atoms with Crippen molar-refractivity contribution in [2.24, 2.45) is 0 Å². The Morgan fingerprint density at radius 1 is 1.23 bits per heavy atom. The summed E-state index contributed by atoms with van der Waals surface area (Å²) in [5, 5.41) is 5.70. The van der Waals surface area contributed by atoms with Gasteiger partial charge in [0.05, 0.1) is 12.2 Å². The number of nitrogens with one attached hydrogen (secondary N) is 2. The molecule has 0 radical (unpaired) electrons. The van der Waals surface area contributed by atoms with E-state index in [0.717, 1.165) is 24.1 Å². The van der Waals surface area contributed by atoms with E-state index in [1.54, 1.807) is 12.3 Å². The highest BCUT2D eigenvalue weighted by molar-refractivity contribution is 5.74. The van der Waals surface area contributed by atoms with Gasteiger partial charge in [0.1, 0.15) is 12.1 Å². The van der Waals surface area contributed by atoms with Crippen LogP contribution in [0, 0.1) is 5.82 Å². The number of aromatic nitrogens is 2. The Labute approximate surface area is 128 Å². The van der Waals surface area contributed by atoms with Crippen LogP contribution in [-0.4, -0.2) is 22.0 Å². The number of hydrogen-bond acceptors (Lipinski definition) is 3. The lowest BCUT2D eigenvalue weighted by Crippen LogP contribution is -2.47. The van der Waals surface area contributed by atoms with Crippen LogP contribution >= 0.6 is 0 Å². The fourth-order valence-electron chi connectivity index (χ4n) is 2.57. The average molecular weight is 300 g/mol. The quantitative estimate of drug-likeness (QED) is 0.911. The number of hydrogen-bond donors (Lipinski definition) is 2. The molecule has 1 aliphatic carbocycles. The summed E-state index contributed by atoms with van der Waals surface area (Å²) in [4.78, 5) is 19.7. The summed E-state index contributed by atoms with van der Waals surface area (Å²) in [6.45, 7) is 0.377. The summed E-state index contributed by atoms with van der Waals surface area (Å²) in [5.74, 6) is 0.176. The zero-order valence-corrected chi connectivity index (χ0v) is 12.0. The first-order chi connectivity index (χ1) is 10.7. The van der Waals surface area contributed by atoms with E-state index in [-0.39, 0.29) is 17.9 Å². The molecule has 5 nitrogen and oxygen atoms in total. The van der Waals surface area contributed by atoms with Gasteiger partial charge in [-0.15, -0.1) is 0 Å². The van der Waals surface area contributed by atoms with E-state index in [2.05, 4.69) is 20.6 Å². The molecule has 1 aliphatic rings. The van der Waals surface area contributed by atoms with Crippen molar-refractivity contribution in [3.05, 3.63) is 59.9 Å². The summed E-state index contributed by atoms with van der Waals surface area (Å²) in [6.07, 6.45) is 4.86. The van der Waals surface area contributed by atoms with E-state index in [1.807, 2.05) is 12.1 Å². The van der Waals surface area contributed by atoms with Crippen LogP contribution in [0.5, 0.6) is 0 Å². The predicted molar refractivity (Wildman–Crippen MR) is 79.6 cm³/mol. The van der Waals surface area contributed by atoms with E-state index < -0.39 is 0 Å². The second-order valence-corrected chi connectivity index (χ2v) is 5.44. The molecule has 0 unspecified atom stereocenters. The Morgan fingerprint density at radius 3 is 2.68 bits per heavy atom. The van der Waals surface area contributed by atoms with E-state index in [0.29, 0.717) is 12.5 Å². The highest BCUT2D eigenvalue weighted by Crippen LogP contribution is 2.36. The fraction of sp³-hybridized carbons (Fsp3) is 0.312. The van der Waals surface area contributed by atoms with Crippen molar-refractivity contribution in [3.8, 4) is 0 Å². The summed E-state index contributed by atoms with van der Waals surface area (Å²) in [7, 11) is 0. The second-order valence-electron chi connectivity index (χ2n) is 5.44. The first-order valence-corrected chi connectivity index (χ1v) is 7.25. The lowest BCUT2D eigenvalue weighted by atomic mass is 9.76. The van der Waals surface area contributed by atoms with E-state index in [9.17, 15) is 9.18 Å². The molecule has 2 N–H and O–H groups in total. The minimum absolute atomic E-state index is 0.167. The maximum Gasteiger partial charge on any atom is 0.315 e. The fourth-order valence-corrected chi connectivity index (χ4v) is 2.57. The maximum absolute atomic E-state index is 12.9. The molecule has 22 heavy (non-hydrogen) atoms. The number of carbonyl (C=O) groups is 1. The van der Waals surface area contributed by atoms with Gasteiger partial charge in [-0.25, -0.2) is 19.2 Å². The largest absolute Gasteiger partial charge is 0.335 e. The van der Waals surface area contributed by atoms with E-state index in [4.69, 9.17) is 0 Å². The van der Waals surface area contributed by atoms with Gasteiger partial charge >= 0.3 is 6.03 Å². The van der Waals surface area contributed by atoms with Gasteiger partial charge in [0.15, 0.2) is 0 Å². The van der Waals surface area contributed by atoms with Gasteiger partial charge in [-0.05, 0) is 42.5 Å². The Kier molecular flexibility index (Phi) is 4.27. The molecule has 0 bridgehead atoms. The third kappa shape index (κ3) is 3.58. The van der Waals surface area contributed by atoms with Gasteiger partial charge in [-0.2, -0.15) is 0 Å². The monoisotopic (exact) mass is 300 g/mol. The molecule has 0 saturated heterocycles. The van der Waals surface area contributed by atoms with Gasteiger partial charge in [0.2, 0.25) is 0 Å². The highest BCUT2D eigenvalue weighted by atomic mass is 19.1. The molecule has 114 valence electrons. The third-order valence-electron chi connectivity index (χ3n) is 3.89. The number of urea groups is 1. The van der Waals surface area contributed by atoms with Crippen LogP contribution in [0.15, 0.2) is 42.9 Å². The summed E-state index contributed by atoms with van der Waals surface area (Å²) < 4.78 is 12.9. The predicted octanol–water partition coefficient (Wildman–Crippen LogP) is 2.36. The number of amides is 2. The molecule has 2 amide bonds. The molecule has 0 aliphatic heterocycles. The van der Waals surface area contributed by atoms with Crippen molar-refractivity contribution in [1.82, 2.24) is 20.6 Å². The van der Waals surface area contributed by atoms with Crippen LogP contribution in [0.2, 0.25) is 0 Å². The molecule has 1 saturated carbocycles. The van der Waals surface area contributed by atoms with Crippen LogP contribution in [-0.2, 0) is 6.54 Å². The van der Waals surface area contributed by atoms with E-state index >= 15 is 0 Å². The number of nitrogens with zero attached hydrogens (tertiary/aromatic N) is 2. The molecule has 1 aromatic carbocycles.